The van der Waals surface area contributed by atoms with Crippen LogP contribution in [0.4, 0.5) is 5.00 Å². The number of rotatable bonds is 8. The number of carbonyl (C=O) groups excluding carboxylic acids is 1. The van der Waals surface area contributed by atoms with E-state index in [1.807, 2.05) is 0 Å². The van der Waals surface area contributed by atoms with Gasteiger partial charge in [-0.05, 0) is 29.3 Å². The monoisotopic (exact) mass is 478 g/mol. The van der Waals surface area contributed by atoms with Gasteiger partial charge in [0.05, 0.1) is 15.5 Å². The van der Waals surface area contributed by atoms with Gasteiger partial charge in [0.15, 0.2) is 0 Å². The van der Waals surface area contributed by atoms with Crippen molar-refractivity contribution >= 4 is 51.4 Å². The third-order valence-corrected chi connectivity index (χ3v) is 6.01. The van der Waals surface area contributed by atoms with Crippen LogP contribution in [0.25, 0.3) is 0 Å². The second-order valence-corrected chi connectivity index (χ2v) is 8.38. The first kappa shape index (κ1) is 22.7. The highest BCUT2D eigenvalue weighted by atomic mass is 35.5. The van der Waals surface area contributed by atoms with E-state index in [1.165, 1.54) is 29.6 Å². The van der Waals surface area contributed by atoms with Gasteiger partial charge in [-0.15, -0.1) is 0 Å². The van der Waals surface area contributed by atoms with Gasteiger partial charge >= 0.3 is 11.0 Å². The highest BCUT2D eigenvalue weighted by Gasteiger charge is 2.32. The molecule has 0 radical (unpaired) electrons. The summed E-state index contributed by atoms with van der Waals surface area (Å²) in [7, 11) is 0. The van der Waals surface area contributed by atoms with Crippen LogP contribution in [0.5, 0.6) is 0 Å². The lowest BCUT2D eigenvalue weighted by Gasteiger charge is -2.29. The summed E-state index contributed by atoms with van der Waals surface area (Å²) in [5.74, 6) is -1.81. The number of thiophene rings is 1. The van der Waals surface area contributed by atoms with Gasteiger partial charge in [0.1, 0.15) is 6.04 Å². The van der Waals surface area contributed by atoms with Gasteiger partial charge in [0, 0.05) is 29.4 Å². The zero-order chi connectivity index (χ0) is 22.5. The Morgan fingerprint density at radius 1 is 1.10 bits per heavy atom. The fourth-order valence-corrected chi connectivity index (χ4v) is 4.26. The Kier molecular flexibility index (Phi) is 7.27. The number of hydrogen-bond donors (Lipinski definition) is 1. The number of amides is 1. The molecule has 1 amide bonds. The van der Waals surface area contributed by atoms with E-state index in [0.29, 0.717) is 10.6 Å². The Hall–Kier alpha value is -2.94. The molecule has 1 heterocycles. The first-order valence-electron chi connectivity index (χ1n) is 9.01. The average Bonchev–Trinajstić information content (AvgIpc) is 3.20. The van der Waals surface area contributed by atoms with Gasteiger partial charge < -0.3 is 10.0 Å². The predicted octanol–water partition coefficient (Wildman–Crippen LogP) is 5.30. The molecule has 0 aliphatic heterocycles. The molecule has 0 saturated heterocycles. The van der Waals surface area contributed by atoms with Crippen LogP contribution in [0.3, 0.4) is 0 Å². The maximum Gasteiger partial charge on any atom is 0.326 e. The lowest BCUT2D eigenvalue weighted by molar-refractivity contribution is -0.380. The standard InChI is InChI=1S/C21H16Cl2N2O5S/c22-15-6-7-16(17(23)10-15)20(26)24(11-14-9-19(25(29)30)31-12-14)18(21(27)28)8-13-4-2-1-3-5-13/h1-7,9-10,12,18H,8,11H2,(H,27,28)/t18-/m0/s1. The van der Waals surface area contributed by atoms with Gasteiger partial charge in [-0.25, -0.2) is 4.79 Å². The molecule has 0 aliphatic carbocycles. The van der Waals surface area contributed by atoms with Crippen molar-refractivity contribution in [2.75, 3.05) is 0 Å². The van der Waals surface area contributed by atoms with E-state index in [1.54, 1.807) is 30.3 Å². The van der Waals surface area contributed by atoms with Gasteiger partial charge in [-0.3, -0.25) is 14.9 Å². The molecule has 2 aromatic carbocycles. The number of carbonyl (C=O) groups is 2. The number of carboxylic acids is 1. The average molecular weight is 479 g/mol. The van der Waals surface area contributed by atoms with Gasteiger partial charge in [0.2, 0.25) is 0 Å². The minimum atomic E-state index is -1.22. The normalized spacial score (nSPS) is 11.7. The van der Waals surface area contributed by atoms with Crippen LogP contribution in [-0.4, -0.2) is 32.8 Å². The zero-order valence-corrected chi connectivity index (χ0v) is 18.2. The van der Waals surface area contributed by atoms with Crippen LogP contribution in [0.15, 0.2) is 60.0 Å². The smallest absolute Gasteiger partial charge is 0.326 e. The predicted molar refractivity (Wildman–Crippen MR) is 119 cm³/mol. The summed E-state index contributed by atoms with van der Waals surface area (Å²) in [6, 6.07) is 13.3. The summed E-state index contributed by atoms with van der Waals surface area (Å²) in [6.07, 6.45) is 0.0549. The van der Waals surface area contributed by atoms with Crippen LogP contribution in [0, 0.1) is 10.1 Å². The van der Waals surface area contributed by atoms with Crippen LogP contribution < -0.4 is 0 Å². The summed E-state index contributed by atoms with van der Waals surface area (Å²) < 4.78 is 0. The Morgan fingerprint density at radius 3 is 2.39 bits per heavy atom. The van der Waals surface area contributed by atoms with Gasteiger partial charge in [0.25, 0.3) is 5.91 Å². The number of carboxylic acid groups (broad SMARTS) is 1. The molecule has 1 atom stereocenters. The van der Waals surface area contributed by atoms with Crippen molar-refractivity contribution in [3.05, 3.63) is 96.8 Å². The quantitative estimate of drug-likeness (QED) is 0.349. The molecule has 7 nitrogen and oxygen atoms in total. The van der Waals surface area contributed by atoms with E-state index in [9.17, 15) is 24.8 Å². The van der Waals surface area contributed by atoms with Crippen LogP contribution >= 0.6 is 34.5 Å². The molecule has 10 heteroatoms. The summed E-state index contributed by atoms with van der Waals surface area (Å²) in [6.45, 7) is -0.133. The van der Waals surface area contributed by atoms with Crippen LogP contribution in [-0.2, 0) is 17.8 Å². The van der Waals surface area contributed by atoms with E-state index in [0.717, 1.165) is 21.8 Å². The lowest BCUT2D eigenvalue weighted by Crippen LogP contribution is -2.46. The fourth-order valence-electron chi connectivity index (χ4n) is 3.05. The van der Waals surface area contributed by atoms with Crippen molar-refractivity contribution in [2.45, 2.75) is 19.0 Å². The van der Waals surface area contributed by atoms with Crippen molar-refractivity contribution in [3.8, 4) is 0 Å². The second-order valence-electron chi connectivity index (χ2n) is 6.65. The molecule has 1 aromatic heterocycles. The van der Waals surface area contributed by atoms with E-state index in [2.05, 4.69) is 0 Å². The fraction of sp³-hybridized carbons (Fsp3) is 0.143. The molecule has 0 bridgehead atoms. The SMILES string of the molecule is O=C(O)[C@H](Cc1ccccc1)N(Cc1csc([N+](=O)[O-])c1)C(=O)c1ccc(Cl)cc1Cl. The Bertz CT molecular complexity index is 1120. The maximum atomic E-state index is 13.4. The molecule has 3 aromatic rings. The van der Waals surface area contributed by atoms with Crippen molar-refractivity contribution in [1.29, 1.82) is 0 Å². The summed E-state index contributed by atoms with van der Waals surface area (Å²) >= 11 is 13.0. The number of aliphatic carboxylic acids is 1. The molecular weight excluding hydrogens is 463 g/mol. The number of benzene rings is 2. The van der Waals surface area contributed by atoms with Crippen LogP contribution in [0.1, 0.15) is 21.5 Å². The molecule has 0 spiro atoms. The third kappa shape index (κ3) is 5.61. The number of hydrogen-bond acceptors (Lipinski definition) is 5. The largest absolute Gasteiger partial charge is 0.480 e. The first-order chi connectivity index (χ1) is 14.8. The van der Waals surface area contributed by atoms with E-state index in [4.69, 9.17) is 23.2 Å². The molecule has 0 fully saturated rings. The molecule has 1 N–H and O–H groups in total. The highest BCUT2D eigenvalue weighted by Crippen LogP contribution is 2.28. The Morgan fingerprint density at radius 2 is 1.81 bits per heavy atom. The highest BCUT2D eigenvalue weighted by molar-refractivity contribution is 7.13. The van der Waals surface area contributed by atoms with Gasteiger partial charge in [-0.1, -0.05) is 64.9 Å². The molecule has 160 valence electrons. The van der Waals surface area contributed by atoms with Crippen molar-refractivity contribution in [1.82, 2.24) is 4.90 Å². The minimum absolute atomic E-state index is 0.0549. The summed E-state index contributed by atoms with van der Waals surface area (Å²) in [5, 5.41) is 22.8. The first-order valence-corrected chi connectivity index (χ1v) is 10.6. The number of halogens is 2. The summed E-state index contributed by atoms with van der Waals surface area (Å²) in [4.78, 5) is 37.2. The maximum absolute atomic E-state index is 13.4. The number of nitrogens with zero attached hydrogens (tertiary/aromatic N) is 2. The lowest BCUT2D eigenvalue weighted by atomic mass is 10.0. The van der Waals surface area contributed by atoms with E-state index >= 15 is 0 Å². The van der Waals surface area contributed by atoms with E-state index in [-0.39, 0.29) is 28.6 Å². The molecule has 31 heavy (non-hydrogen) atoms. The number of nitro groups is 1. The van der Waals surface area contributed by atoms with Crippen molar-refractivity contribution < 1.29 is 19.6 Å². The van der Waals surface area contributed by atoms with Crippen LogP contribution in [0.2, 0.25) is 10.0 Å². The molecule has 0 saturated carbocycles. The molecule has 0 unspecified atom stereocenters. The summed E-state index contributed by atoms with van der Waals surface area (Å²) in [5.41, 5.74) is 1.27. The third-order valence-electron chi connectivity index (χ3n) is 4.53. The van der Waals surface area contributed by atoms with Gasteiger partial charge in [-0.2, -0.15) is 0 Å². The Labute approximate surface area is 191 Å². The van der Waals surface area contributed by atoms with E-state index < -0.39 is 22.8 Å². The molecule has 3 rings (SSSR count). The topological polar surface area (TPSA) is 101 Å². The minimum Gasteiger partial charge on any atom is -0.480 e. The zero-order valence-electron chi connectivity index (χ0n) is 15.9. The molecular formula is C21H16Cl2N2O5S. The Balaban J connectivity index is 2.01. The molecule has 0 aliphatic rings. The second kappa shape index (κ2) is 9.91. The van der Waals surface area contributed by atoms with Crippen molar-refractivity contribution in [3.63, 3.8) is 0 Å². The van der Waals surface area contributed by atoms with Crippen molar-refractivity contribution in [2.24, 2.45) is 0 Å².